The Morgan fingerprint density at radius 3 is 2.96 bits per heavy atom. The molecular formula is C18H18N4OS2. The van der Waals surface area contributed by atoms with E-state index in [9.17, 15) is 4.79 Å². The van der Waals surface area contributed by atoms with Crippen LogP contribution in [-0.2, 0) is 11.3 Å². The van der Waals surface area contributed by atoms with Gasteiger partial charge in [0.1, 0.15) is 0 Å². The molecule has 3 fully saturated rings. The molecule has 0 N–H and O–H groups in total. The molecular weight excluding hydrogens is 352 g/mol. The minimum absolute atomic E-state index is 0.0735. The largest absolute Gasteiger partial charge is 0.345 e. The number of benzene rings is 1. The first-order valence-corrected chi connectivity index (χ1v) is 10.3. The van der Waals surface area contributed by atoms with E-state index >= 15 is 0 Å². The van der Waals surface area contributed by atoms with Crippen LogP contribution in [0.5, 0.6) is 0 Å². The first-order chi connectivity index (χ1) is 12.3. The molecule has 0 unspecified atom stereocenters. The normalized spacial score (nSPS) is 23.4. The topological polar surface area (TPSA) is 49.3 Å². The molecule has 3 aliphatic heterocycles. The Morgan fingerprint density at radius 1 is 1.20 bits per heavy atom. The molecule has 3 aliphatic rings. The number of thiazole rings is 2. The number of amides is 1. The molecule has 5 heterocycles. The highest BCUT2D eigenvalue weighted by Gasteiger charge is 2.41. The molecule has 5 nitrogen and oxygen atoms in total. The third-order valence-electron chi connectivity index (χ3n) is 5.16. The van der Waals surface area contributed by atoms with Crippen LogP contribution in [0.4, 0.5) is 5.13 Å². The second-order valence-corrected chi connectivity index (χ2v) is 8.47. The zero-order valence-electron chi connectivity index (χ0n) is 13.7. The zero-order chi connectivity index (χ0) is 16.8. The molecule has 0 saturated carbocycles. The van der Waals surface area contributed by atoms with Crippen molar-refractivity contribution in [2.45, 2.75) is 25.4 Å². The SMILES string of the molecule is O=C1[C@H]2CC[C@H](CN(c3nc4ccccc4s3)C2)N1Cc1cscn1. The van der Waals surface area contributed by atoms with Crippen molar-refractivity contribution in [3.8, 4) is 0 Å². The quantitative estimate of drug-likeness (QED) is 0.709. The van der Waals surface area contributed by atoms with E-state index in [0.717, 1.165) is 42.3 Å². The first-order valence-electron chi connectivity index (χ1n) is 8.56. The molecule has 0 aliphatic carbocycles. The number of carbonyl (C=O) groups is 1. The Hall–Kier alpha value is -1.99. The van der Waals surface area contributed by atoms with E-state index in [0.29, 0.717) is 6.54 Å². The van der Waals surface area contributed by atoms with E-state index in [1.165, 1.54) is 4.70 Å². The van der Waals surface area contributed by atoms with Gasteiger partial charge in [-0.05, 0) is 25.0 Å². The third-order valence-corrected chi connectivity index (χ3v) is 6.89. The number of nitrogens with zero attached hydrogens (tertiary/aromatic N) is 4. The number of piperidine rings is 1. The van der Waals surface area contributed by atoms with Crippen molar-refractivity contribution in [1.82, 2.24) is 14.9 Å². The van der Waals surface area contributed by atoms with Crippen molar-refractivity contribution in [2.24, 2.45) is 5.92 Å². The second-order valence-electron chi connectivity index (χ2n) is 6.74. The molecule has 3 aromatic rings. The van der Waals surface area contributed by atoms with Crippen molar-refractivity contribution in [3.63, 3.8) is 0 Å². The second kappa shape index (κ2) is 6.07. The summed E-state index contributed by atoms with van der Waals surface area (Å²) >= 11 is 3.31. The molecule has 0 radical (unpaired) electrons. The van der Waals surface area contributed by atoms with E-state index in [2.05, 4.69) is 33.0 Å². The van der Waals surface area contributed by atoms with Gasteiger partial charge in [-0.1, -0.05) is 23.5 Å². The van der Waals surface area contributed by atoms with Gasteiger partial charge >= 0.3 is 0 Å². The molecule has 0 spiro atoms. The van der Waals surface area contributed by atoms with Crippen LogP contribution in [0.1, 0.15) is 18.5 Å². The Kier molecular flexibility index (Phi) is 3.71. The maximum Gasteiger partial charge on any atom is 0.228 e. The fourth-order valence-electron chi connectivity index (χ4n) is 3.89. The number of rotatable bonds is 3. The predicted octanol–water partition coefficient (Wildman–Crippen LogP) is 3.38. The van der Waals surface area contributed by atoms with E-state index in [1.54, 1.807) is 22.7 Å². The summed E-state index contributed by atoms with van der Waals surface area (Å²) in [4.78, 5) is 26.5. The van der Waals surface area contributed by atoms with Crippen LogP contribution in [0.15, 0.2) is 35.2 Å². The average molecular weight is 371 g/mol. The molecule has 3 saturated heterocycles. The molecule has 1 aromatic carbocycles. The van der Waals surface area contributed by atoms with Gasteiger partial charge in [0.05, 0.1) is 33.9 Å². The number of hydrogen-bond acceptors (Lipinski definition) is 6. The van der Waals surface area contributed by atoms with Gasteiger partial charge in [-0.25, -0.2) is 9.97 Å². The summed E-state index contributed by atoms with van der Waals surface area (Å²) in [7, 11) is 0. The van der Waals surface area contributed by atoms with Crippen LogP contribution in [0.25, 0.3) is 10.2 Å². The van der Waals surface area contributed by atoms with Crippen LogP contribution < -0.4 is 4.90 Å². The lowest BCUT2D eigenvalue weighted by Gasteiger charge is -2.35. The predicted molar refractivity (Wildman–Crippen MR) is 101 cm³/mol. The first kappa shape index (κ1) is 15.3. The van der Waals surface area contributed by atoms with Crippen LogP contribution in [0, 0.1) is 5.92 Å². The van der Waals surface area contributed by atoms with Gasteiger partial charge in [-0.2, -0.15) is 0 Å². The maximum absolute atomic E-state index is 12.9. The highest BCUT2D eigenvalue weighted by molar-refractivity contribution is 7.22. The third kappa shape index (κ3) is 2.71. The minimum Gasteiger partial charge on any atom is -0.345 e. The van der Waals surface area contributed by atoms with Gasteiger partial charge in [-0.15, -0.1) is 11.3 Å². The molecule has 7 heteroatoms. The standard InChI is InChI=1S/C18H18N4OS2/c23-17-12-5-6-14(22(17)8-13-10-24-11-19-13)9-21(7-12)18-20-15-3-1-2-4-16(15)25-18/h1-4,10-12,14H,5-9H2/t12-,14+/m0/s1. The summed E-state index contributed by atoms with van der Waals surface area (Å²) in [6.07, 6.45) is 2.06. The van der Waals surface area contributed by atoms with Crippen LogP contribution >= 0.6 is 22.7 Å². The maximum atomic E-state index is 12.9. The smallest absolute Gasteiger partial charge is 0.228 e. The summed E-state index contributed by atoms with van der Waals surface area (Å²) in [5.41, 5.74) is 3.88. The molecule has 2 bridgehead atoms. The minimum atomic E-state index is 0.0735. The van der Waals surface area contributed by atoms with Gasteiger partial charge in [0.15, 0.2) is 5.13 Å². The molecule has 2 atom stereocenters. The Labute approximate surface area is 153 Å². The number of fused-ring (bicyclic) bond motifs is 5. The number of para-hydroxylation sites is 1. The Bertz CT molecular complexity index is 874. The van der Waals surface area contributed by atoms with Crippen molar-refractivity contribution in [3.05, 3.63) is 40.8 Å². The monoisotopic (exact) mass is 370 g/mol. The van der Waals surface area contributed by atoms with E-state index in [4.69, 9.17) is 4.98 Å². The van der Waals surface area contributed by atoms with Gasteiger partial charge < -0.3 is 9.80 Å². The van der Waals surface area contributed by atoms with Crippen LogP contribution in [-0.4, -0.2) is 39.9 Å². The van der Waals surface area contributed by atoms with Crippen molar-refractivity contribution < 1.29 is 4.79 Å². The van der Waals surface area contributed by atoms with Crippen LogP contribution in [0.3, 0.4) is 0 Å². The molecule has 25 heavy (non-hydrogen) atoms. The number of aromatic nitrogens is 2. The number of anilines is 1. The van der Waals surface area contributed by atoms with Crippen LogP contribution in [0.2, 0.25) is 0 Å². The van der Waals surface area contributed by atoms with Crippen molar-refractivity contribution in [1.29, 1.82) is 0 Å². The van der Waals surface area contributed by atoms with Gasteiger partial charge in [0.2, 0.25) is 5.91 Å². The summed E-state index contributed by atoms with van der Waals surface area (Å²) in [5.74, 6) is 0.359. The molecule has 2 aromatic heterocycles. The summed E-state index contributed by atoms with van der Waals surface area (Å²) < 4.78 is 1.21. The Morgan fingerprint density at radius 2 is 2.12 bits per heavy atom. The highest BCUT2D eigenvalue weighted by atomic mass is 32.1. The number of carbonyl (C=O) groups excluding carboxylic acids is 1. The summed E-state index contributed by atoms with van der Waals surface area (Å²) in [6, 6.07) is 8.50. The lowest BCUT2D eigenvalue weighted by Crippen LogP contribution is -2.47. The van der Waals surface area contributed by atoms with E-state index < -0.39 is 0 Å². The number of hydrogen-bond donors (Lipinski definition) is 0. The average Bonchev–Trinajstić information content (AvgIpc) is 3.21. The molecule has 6 rings (SSSR count). The van der Waals surface area contributed by atoms with Gasteiger partial charge in [0.25, 0.3) is 0 Å². The Balaban J connectivity index is 1.44. The molecule has 1 amide bonds. The van der Waals surface area contributed by atoms with E-state index in [-0.39, 0.29) is 17.9 Å². The molecule has 128 valence electrons. The van der Waals surface area contributed by atoms with E-state index in [1.807, 2.05) is 17.0 Å². The van der Waals surface area contributed by atoms with Crippen molar-refractivity contribution >= 4 is 43.9 Å². The lowest BCUT2D eigenvalue weighted by molar-refractivity contribution is -0.140. The van der Waals surface area contributed by atoms with Gasteiger partial charge in [0, 0.05) is 24.5 Å². The zero-order valence-corrected chi connectivity index (χ0v) is 15.3. The highest BCUT2D eigenvalue weighted by Crippen LogP contribution is 2.35. The van der Waals surface area contributed by atoms with Crippen molar-refractivity contribution in [2.75, 3.05) is 18.0 Å². The lowest BCUT2D eigenvalue weighted by atomic mass is 9.94. The summed E-state index contributed by atoms with van der Waals surface area (Å²) in [5, 5.41) is 3.08. The van der Waals surface area contributed by atoms with Gasteiger partial charge in [-0.3, -0.25) is 4.79 Å². The fourth-order valence-corrected chi connectivity index (χ4v) is 5.42. The fraction of sp³-hybridized carbons (Fsp3) is 0.389. The summed E-state index contributed by atoms with van der Waals surface area (Å²) in [6.45, 7) is 2.28.